The lowest BCUT2D eigenvalue weighted by atomic mass is 10.2. The monoisotopic (exact) mass is 201 g/mol. The van der Waals surface area contributed by atoms with Crippen molar-refractivity contribution >= 4 is 31.5 Å². The summed E-state index contributed by atoms with van der Waals surface area (Å²) < 4.78 is 2.27. The molecule has 0 spiro atoms. The molecule has 0 aliphatic carbocycles. The van der Waals surface area contributed by atoms with Crippen LogP contribution in [-0.2, 0) is 0 Å². The van der Waals surface area contributed by atoms with Crippen molar-refractivity contribution in [2.24, 2.45) is 0 Å². The minimum Gasteiger partial charge on any atom is -0.493 e. The maximum absolute atomic E-state index is 9.65. The van der Waals surface area contributed by atoms with Gasteiger partial charge < -0.3 is 5.11 Å². The second-order valence-corrected chi connectivity index (χ2v) is 4.19. The number of pyridine rings is 1. The lowest BCUT2D eigenvalue weighted by Crippen LogP contribution is -1.72. The minimum absolute atomic E-state index is 0.125. The summed E-state index contributed by atoms with van der Waals surface area (Å²) in [6.07, 6.45) is 1.63. The standard InChI is InChI=1S/C11H7NOS/c13-11-10-7-3-1-2-4-8(7)14-9(10)5-6-12-11/h1-6H,(H,12,13). The number of thiophene rings is 1. The Morgan fingerprint density at radius 2 is 1.93 bits per heavy atom. The van der Waals surface area contributed by atoms with Crippen LogP contribution < -0.4 is 0 Å². The van der Waals surface area contributed by atoms with Crippen LogP contribution in [-0.4, -0.2) is 10.1 Å². The largest absolute Gasteiger partial charge is 0.493 e. The molecule has 0 amide bonds. The van der Waals surface area contributed by atoms with Crippen molar-refractivity contribution in [1.29, 1.82) is 0 Å². The highest BCUT2D eigenvalue weighted by Gasteiger charge is 2.07. The van der Waals surface area contributed by atoms with Crippen LogP contribution >= 0.6 is 11.3 Å². The molecular formula is C11H7NOS. The van der Waals surface area contributed by atoms with Crippen molar-refractivity contribution < 1.29 is 5.11 Å². The predicted molar refractivity (Wildman–Crippen MR) is 58.8 cm³/mol. The second kappa shape index (κ2) is 2.69. The van der Waals surface area contributed by atoms with Gasteiger partial charge in [-0.1, -0.05) is 18.2 Å². The second-order valence-electron chi connectivity index (χ2n) is 3.11. The molecule has 3 rings (SSSR count). The molecule has 0 bridgehead atoms. The highest BCUT2D eigenvalue weighted by Crippen LogP contribution is 2.37. The van der Waals surface area contributed by atoms with E-state index < -0.39 is 0 Å². The van der Waals surface area contributed by atoms with Gasteiger partial charge in [0.05, 0.1) is 5.39 Å². The Labute approximate surface area is 84.4 Å². The van der Waals surface area contributed by atoms with E-state index >= 15 is 0 Å². The molecule has 2 heterocycles. The molecule has 2 aromatic heterocycles. The van der Waals surface area contributed by atoms with E-state index in [0.717, 1.165) is 15.5 Å². The van der Waals surface area contributed by atoms with E-state index in [9.17, 15) is 5.11 Å². The zero-order valence-electron chi connectivity index (χ0n) is 7.27. The zero-order chi connectivity index (χ0) is 9.54. The van der Waals surface area contributed by atoms with Crippen LogP contribution in [0.3, 0.4) is 0 Å². The van der Waals surface area contributed by atoms with E-state index in [1.165, 1.54) is 4.70 Å². The van der Waals surface area contributed by atoms with Gasteiger partial charge in [-0.15, -0.1) is 11.3 Å². The summed E-state index contributed by atoms with van der Waals surface area (Å²) in [5.41, 5.74) is 0. The maximum atomic E-state index is 9.65. The number of aromatic hydroxyl groups is 1. The number of benzene rings is 1. The summed E-state index contributed by atoms with van der Waals surface area (Å²) >= 11 is 1.68. The Hall–Kier alpha value is -1.61. The van der Waals surface area contributed by atoms with Gasteiger partial charge >= 0.3 is 0 Å². The van der Waals surface area contributed by atoms with Crippen molar-refractivity contribution in [3.8, 4) is 5.88 Å². The van der Waals surface area contributed by atoms with Crippen molar-refractivity contribution in [2.45, 2.75) is 0 Å². The fourth-order valence-corrected chi connectivity index (χ4v) is 2.75. The average molecular weight is 201 g/mol. The predicted octanol–water partition coefficient (Wildman–Crippen LogP) is 3.16. The molecular weight excluding hydrogens is 194 g/mol. The number of hydrogen-bond donors (Lipinski definition) is 1. The van der Waals surface area contributed by atoms with Gasteiger partial charge in [0.2, 0.25) is 5.88 Å². The van der Waals surface area contributed by atoms with Crippen molar-refractivity contribution in [3.63, 3.8) is 0 Å². The van der Waals surface area contributed by atoms with Gasteiger partial charge in [-0.2, -0.15) is 0 Å². The van der Waals surface area contributed by atoms with Gasteiger partial charge in [0.15, 0.2) is 0 Å². The third kappa shape index (κ3) is 0.930. The van der Waals surface area contributed by atoms with Crippen LogP contribution in [0.1, 0.15) is 0 Å². The molecule has 0 aliphatic heterocycles. The van der Waals surface area contributed by atoms with Gasteiger partial charge in [-0.05, 0) is 12.1 Å². The SMILES string of the molecule is Oc1nccc2sc3ccccc3c12. The molecule has 0 atom stereocenters. The molecule has 1 aromatic carbocycles. The summed E-state index contributed by atoms with van der Waals surface area (Å²) in [6.45, 7) is 0. The van der Waals surface area contributed by atoms with E-state index in [4.69, 9.17) is 0 Å². The third-order valence-electron chi connectivity index (χ3n) is 2.27. The molecule has 3 heteroatoms. The smallest absolute Gasteiger partial charge is 0.220 e. The number of rotatable bonds is 0. The Bertz CT molecular complexity index is 615. The molecule has 0 saturated carbocycles. The van der Waals surface area contributed by atoms with E-state index in [1.807, 2.05) is 24.3 Å². The first-order chi connectivity index (χ1) is 6.86. The molecule has 14 heavy (non-hydrogen) atoms. The summed E-state index contributed by atoms with van der Waals surface area (Å²) in [6, 6.07) is 9.97. The fourth-order valence-electron chi connectivity index (χ4n) is 1.65. The summed E-state index contributed by atoms with van der Waals surface area (Å²) in [5.74, 6) is 0.125. The quantitative estimate of drug-likeness (QED) is 0.606. The molecule has 0 saturated heterocycles. The summed E-state index contributed by atoms with van der Waals surface area (Å²) in [4.78, 5) is 3.89. The van der Waals surface area contributed by atoms with Crippen LogP contribution in [0.25, 0.3) is 20.2 Å². The number of nitrogens with zero attached hydrogens (tertiary/aromatic N) is 1. The molecule has 2 nitrogen and oxygen atoms in total. The highest BCUT2D eigenvalue weighted by molar-refractivity contribution is 7.25. The summed E-state index contributed by atoms with van der Waals surface area (Å²) in [5, 5.41) is 11.6. The van der Waals surface area contributed by atoms with E-state index in [-0.39, 0.29) is 5.88 Å². The number of hydrogen-bond acceptors (Lipinski definition) is 3. The molecule has 0 fully saturated rings. The van der Waals surface area contributed by atoms with Crippen molar-refractivity contribution in [1.82, 2.24) is 4.98 Å². The third-order valence-corrected chi connectivity index (χ3v) is 3.41. The van der Waals surface area contributed by atoms with Gasteiger partial charge in [-0.25, -0.2) is 4.98 Å². The van der Waals surface area contributed by atoms with Crippen LogP contribution in [0, 0.1) is 0 Å². The number of aromatic nitrogens is 1. The van der Waals surface area contributed by atoms with Gasteiger partial charge in [0.25, 0.3) is 0 Å². The van der Waals surface area contributed by atoms with Crippen LogP contribution in [0.2, 0.25) is 0 Å². The van der Waals surface area contributed by atoms with Crippen molar-refractivity contribution in [3.05, 3.63) is 36.5 Å². The van der Waals surface area contributed by atoms with Gasteiger partial charge in [0, 0.05) is 21.0 Å². The first kappa shape index (κ1) is 7.76. The van der Waals surface area contributed by atoms with Crippen LogP contribution in [0.5, 0.6) is 5.88 Å². The number of fused-ring (bicyclic) bond motifs is 3. The maximum Gasteiger partial charge on any atom is 0.220 e. The van der Waals surface area contributed by atoms with Crippen molar-refractivity contribution in [2.75, 3.05) is 0 Å². The minimum atomic E-state index is 0.125. The Morgan fingerprint density at radius 1 is 1.07 bits per heavy atom. The average Bonchev–Trinajstić information content (AvgIpc) is 2.57. The Balaban J connectivity index is 2.65. The topological polar surface area (TPSA) is 33.1 Å². The van der Waals surface area contributed by atoms with Gasteiger partial charge in [-0.3, -0.25) is 0 Å². The van der Waals surface area contributed by atoms with Crippen LogP contribution in [0.4, 0.5) is 0 Å². The summed E-state index contributed by atoms with van der Waals surface area (Å²) in [7, 11) is 0. The molecule has 0 radical (unpaired) electrons. The normalized spacial score (nSPS) is 11.1. The molecule has 0 unspecified atom stereocenters. The lowest BCUT2D eigenvalue weighted by molar-refractivity contribution is 0.461. The lowest BCUT2D eigenvalue weighted by Gasteiger charge is -1.93. The molecule has 68 valence electrons. The highest BCUT2D eigenvalue weighted by atomic mass is 32.1. The molecule has 1 N–H and O–H groups in total. The first-order valence-corrected chi connectivity index (χ1v) is 5.13. The van der Waals surface area contributed by atoms with E-state index in [0.29, 0.717) is 0 Å². The van der Waals surface area contributed by atoms with Crippen LogP contribution in [0.15, 0.2) is 36.5 Å². The molecule has 3 aromatic rings. The Kier molecular flexibility index (Phi) is 1.49. The van der Waals surface area contributed by atoms with E-state index in [2.05, 4.69) is 11.1 Å². The Morgan fingerprint density at radius 3 is 2.86 bits per heavy atom. The first-order valence-electron chi connectivity index (χ1n) is 4.31. The molecule has 0 aliphatic rings. The fraction of sp³-hybridized carbons (Fsp3) is 0. The van der Waals surface area contributed by atoms with E-state index in [1.54, 1.807) is 17.5 Å². The van der Waals surface area contributed by atoms with Gasteiger partial charge in [0.1, 0.15) is 0 Å². The zero-order valence-corrected chi connectivity index (χ0v) is 8.08.